The number of allylic oxidation sites excluding steroid dienone is 2. The summed E-state index contributed by atoms with van der Waals surface area (Å²) in [4.78, 5) is -0.00339. The van der Waals surface area contributed by atoms with Crippen LogP contribution in [0.1, 0.15) is 49.1 Å². The zero-order chi connectivity index (χ0) is 31.5. The van der Waals surface area contributed by atoms with E-state index < -0.39 is 35.1 Å². The highest BCUT2D eigenvalue weighted by molar-refractivity contribution is 7.89. The number of hydrogen-bond donors (Lipinski definition) is 0. The molecule has 0 N–H and O–H groups in total. The number of nitrogens with zero attached hydrogens (tertiary/aromatic N) is 6. The summed E-state index contributed by atoms with van der Waals surface area (Å²) in [6, 6.07) is 6.27. The van der Waals surface area contributed by atoms with Gasteiger partial charge in [0.2, 0.25) is 10.0 Å². The lowest BCUT2D eigenvalue weighted by molar-refractivity contribution is -0.116. The molecule has 10 nitrogen and oxygen atoms in total. The molecular weight excluding hydrogens is 627 g/mol. The molecule has 236 valence electrons. The molecule has 1 saturated heterocycles. The molecule has 1 aliphatic heterocycles. The molecule has 2 aliphatic carbocycles. The van der Waals surface area contributed by atoms with Gasteiger partial charge in [-0.1, -0.05) is 37.1 Å². The van der Waals surface area contributed by atoms with Crippen LogP contribution < -0.4 is 0 Å². The quantitative estimate of drug-likeness (QED) is 0.140. The van der Waals surface area contributed by atoms with Crippen LogP contribution in [0.4, 0.5) is 8.78 Å². The monoisotopic (exact) mass is 662 g/mol. The number of ether oxygens (including phenoxy) is 2. The van der Waals surface area contributed by atoms with Crippen LogP contribution in [0.3, 0.4) is 0 Å². The van der Waals surface area contributed by atoms with E-state index >= 15 is 0 Å². The van der Waals surface area contributed by atoms with E-state index in [1.54, 1.807) is 17.8 Å². The average molecular weight is 663 g/mol. The van der Waals surface area contributed by atoms with Crippen molar-refractivity contribution in [3.05, 3.63) is 28.8 Å². The van der Waals surface area contributed by atoms with E-state index in [0.29, 0.717) is 49.1 Å². The molecule has 1 spiro atoms. The second-order valence-corrected chi connectivity index (χ2v) is 21.8. The van der Waals surface area contributed by atoms with E-state index in [-0.39, 0.29) is 27.7 Å². The summed E-state index contributed by atoms with van der Waals surface area (Å²) >= 11 is 0.731. The summed E-state index contributed by atoms with van der Waals surface area (Å²) in [6.45, 7) is 8.24. The van der Waals surface area contributed by atoms with E-state index in [1.807, 2.05) is 0 Å². The van der Waals surface area contributed by atoms with Crippen LogP contribution in [0.2, 0.25) is 25.7 Å². The highest BCUT2D eigenvalue weighted by atomic mass is 32.2. The van der Waals surface area contributed by atoms with Crippen LogP contribution in [0.5, 0.6) is 0 Å². The Hall–Kier alpha value is -2.61. The summed E-state index contributed by atoms with van der Waals surface area (Å²) in [6.07, 6.45) is 2.65. The number of benzene rings is 1. The van der Waals surface area contributed by atoms with Gasteiger partial charge in [-0.15, -0.1) is 10.2 Å². The molecule has 3 heterocycles. The van der Waals surface area contributed by atoms with E-state index in [1.165, 1.54) is 10.4 Å². The van der Waals surface area contributed by atoms with Gasteiger partial charge in [0, 0.05) is 38.1 Å². The summed E-state index contributed by atoms with van der Waals surface area (Å²) in [5, 5.41) is 22.5. The topological polar surface area (TPSA) is 123 Å². The molecule has 2 aromatic heterocycles. The fourth-order valence-corrected chi connectivity index (χ4v) is 8.95. The Morgan fingerprint density at radius 1 is 1.23 bits per heavy atom. The summed E-state index contributed by atoms with van der Waals surface area (Å²) in [5.41, 5.74) is 1.61. The van der Waals surface area contributed by atoms with Gasteiger partial charge in [0.1, 0.15) is 18.0 Å². The Labute approximate surface area is 260 Å². The Morgan fingerprint density at radius 3 is 2.52 bits per heavy atom. The lowest BCUT2D eigenvalue weighted by Gasteiger charge is -2.43. The number of sulfonamides is 1. The third-order valence-electron chi connectivity index (χ3n) is 8.81. The molecule has 0 atom stereocenters. The molecule has 6 rings (SSSR count). The summed E-state index contributed by atoms with van der Waals surface area (Å²) in [7, 11) is -3.91. The lowest BCUT2D eigenvalue weighted by atomic mass is 9.72. The van der Waals surface area contributed by atoms with Crippen molar-refractivity contribution in [2.75, 3.05) is 26.6 Å². The maximum Gasteiger partial charge on any atom is 0.291 e. The molecule has 0 bridgehead atoms. The number of fused-ring (bicyclic) bond motifs is 1. The normalized spacial score (nSPS) is 19.4. The van der Waals surface area contributed by atoms with Crippen molar-refractivity contribution in [2.45, 2.75) is 74.6 Å². The Morgan fingerprint density at radius 2 is 1.98 bits per heavy atom. The van der Waals surface area contributed by atoms with Crippen molar-refractivity contribution < 1.29 is 26.7 Å². The molecule has 1 saturated carbocycles. The van der Waals surface area contributed by atoms with E-state index in [0.717, 1.165) is 42.2 Å². The highest BCUT2D eigenvalue weighted by Crippen LogP contribution is 2.48. The minimum Gasteiger partial charge on any atom is -0.380 e. The smallest absolute Gasteiger partial charge is 0.291 e. The van der Waals surface area contributed by atoms with Gasteiger partial charge in [-0.3, -0.25) is 4.68 Å². The Balaban J connectivity index is 1.47. The Bertz CT molecular complexity index is 1770. The predicted molar refractivity (Wildman–Crippen MR) is 165 cm³/mol. The van der Waals surface area contributed by atoms with E-state index in [2.05, 4.69) is 47.1 Å². The largest absolute Gasteiger partial charge is 0.380 e. The van der Waals surface area contributed by atoms with Crippen LogP contribution in [-0.2, 0) is 26.5 Å². The number of alkyl halides is 2. The van der Waals surface area contributed by atoms with Gasteiger partial charge in [-0.05, 0) is 55.9 Å². The van der Waals surface area contributed by atoms with Crippen LogP contribution >= 0.6 is 11.3 Å². The number of hydrogen-bond acceptors (Lipinski definition) is 9. The fourth-order valence-electron chi connectivity index (χ4n) is 5.81. The molecule has 3 aliphatic rings. The number of aryl methyl sites for hydroxylation is 1. The summed E-state index contributed by atoms with van der Waals surface area (Å²) < 4.78 is 70.0. The second kappa shape index (κ2) is 11.3. The minimum absolute atomic E-state index is 0.00339. The molecule has 0 radical (unpaired) electrons. The van der Waals surface area contributed by atoms with Crippen molar-refractivity contribution in [1.82, 2.24) is 24.3 Å². The number of nitriles is 1. The van der Waals surface area contributed by atoms with Gasteiger partial charge in [0.15, 0.2) is 10.0 Å². The van der Waals surface area contributed by atoms with Crippen molar-refractivity contribution in [3.63, 3.8) is 0 Å². The average Bonchev–Trinajstić information content (AvgIpc) is 3.44. The lowest BCUT2D eigenvalue weighted by Crippen LogP contribution is -2.43. The van der Waals surface area contributed by atoms with Gasteiger partial charge in [0.25, 0.3) is 6.43 Å². The van der Waals surface area contributed by atoms with Crippen molar-refractivity contribution in [1.29, 1.82) is 5.26 Å². The first-order chi connectivity index (χ1) is 20.8. The molecule has 15 heteroatoms. The van der Waals surface area contributed by atoms with Gasteiger partial charge < -0.3 is 9.47 Å². The molecule has 2 fully saturated rings. The first kappa shape index (κ1) is 31.4. The van der Waals surface area contributed by atoms with Crippen LogP contribution in [-0.4, -0.2) is 72.9 Å². The molecule has 1 aromatic carbocycles. The maximum atomic E-state index is 14.5. The van der Waals surface area contributed by atoms with Gasteiger partial charge in [-0.25, -0.2) is 17.2 Å². The van der Waals surface area contributed by atoms with Gasteiger partial charge in [-0.2, -0.15) is 14.7 Å². The van der Waals surface area contributed by atoms with Crippen molar-refractivity contribution >= 4 is 45.9 Å². The van der Waals surface area contributed by atoms with E-state index in [4.69, 9.17) is 9.47 Å². The number of aromatic nitrogens is 4. The van der Waals surface area contributed by atoms with E-state index in [9.17, 15) is 22.5 Å². The fraction of sp³-hybridized carbons (Fsp3) is 0.586. The summed E-state index contributed by atoms with van der Waals surface area (Å²) in [5.74, 6) is 0. The third kappa shape index (κ3) is 5.76. The first-order valence-electron chi connectivity index (χ1n) is 14.7. The second-order valence-electron chi connectivity index (χ2n) is 13.4. The van der Waals surface area contributed by atoms with Crippen LogP contribution in [0, 0.1) is 16.7 Å². The molecule has 3 aromatic rings. The molecular formula is C29H36F2N6O4S2Si. The first-order valence-corrected chi connectivity index (χ1v) is 20.7. The maximum absolute atomic E-state index is 14.5. The zero-order valence-electron chi connectivity index (χ0n) is 25.3. The predicted octanol–water partition coefficient (Wildman–Crippen LogP) is 5.97. The van der Waals surface area contributed by atoms with Gasteiger partial charge in [0.05, 0.1) is 29.7 Å². The molecule has 0 unspecified atom stereocenters. The van der Waals surface area contributed by atoms with Crippen molar-refractivity contribution in [3.8, 4) is 16.8 Å². The number of halogens is 2. The Kier molecular flexibility index (Phi) is 8.07. The third-order valence-corrected chi connectivity index (χ3v) is 13.3. The van der Waals surface area contributed by atoms with Crippen LogP contribution in [0.15, 0.2) is 23.1 Å². The molecule has 0 amide bonds. The highest BCUT2D eigenvalue weighted by Gasteiger charge is 2.54. The SMILES string of the molecule is Cn1nc(-c2nnc(C(F)F)s2)c2cc(S(=O)(=O)N(COCC[Si](C)(C)C)C3(C#N)CC3)cc(C3=CCC4(CC3)COC4)c21. The van der Waals surface area contributed by atoms with Crippen molar-refractivity contribution in [2.24, 2.45) is 12.5 Å². The van der Waals surface area contributed by atoms with Crippen LogP contribution in [0.25, 0.3) is 27.2 Å². The zero-order valence-corrected chi connectivity index (χ0v) is 27.9. The number of rotatable bonds is 11. The standard InChI is InChI=1S/C29H36F2N6O4S2Si/c1-36-24-21(19-5-7-28(8-6-19)16-41-17-28)13-20(14-22(24)23(35-36)26-33-34-27(42-26)25(30)31)43(38,39)37(29(15-32)9-10-29)18-40-11-12-44(2,3)4/h5,13-14,25H,6-12,16-18H2,1-4H3. The molecule has 44 heavy (non-hydrogen) atoms. The minimum atomic E-state index is -4.23. The van der Waals surface area contributed by atoms with Gasteiger partial charge >= 0.3 is 0 Å².